The third-order valence-electron chi connectivity index (χ3n) is 3.57. The molecule has 0 N–H and O–H groups in total. The van der Waals surface area contributed by atoms with Gasteiger partial charge in [-0.1, -0.05) is 33.8 Å². The van der Waals surface area contributed by atoms with Crippen LogP contribution in [0.1, 0.15) is 40.2 Å². The zero-order chi connectivity index (χ0) is 16.0. The van der Waals surface area contributed by atoms with Crippen molar-refractivity contribution in [3.63, 3.8) is 0 Å². The van der Waals surface area contributed by atoms with E-state index in [1.165, 1.54) is 0 Å². The van der Waals surface area contributed by atoms with Crippen molar-refractivity contribution in [2.75, 3.05) is 13.7 Å². The number of fused-ring (bicyclic) bond motifs is 1. The van der Waals surface area contributed by atoms with Gasteiger partial charge in [-0.3, -0.25) is 0 Å². The van der Waals surface area contributed by atoms with Gasteiger partial charge in [0.2, 0.25) is 5.60 Å². The molecule has 1 atom stereocenters. The Kier molecular flexibility index (Phi) is 6.06. The number of ether oxygens (including phenoxy) is 3. The standard InChI is InChI=1S/C15H20O4.C2H6/c1-5-18-14(16)15(10(2)3)9-11-6-7-12(17-4)8-13(11)19-15;1-2/h6-8,10H,5,9H2,1-4H3;1-2H3. The molecule has 0 fully saturated rings. The Labute approximate surface area is 127 Å². The number of hydrogen-bond donors (Lipinski definition) is 0. The van der Waals surface area contributed by atoms with Crippen molar-refractivity contribution < 1.29 is 19.0 Å². The zero-order valence-electron chi connectivity index (χ0n) is 13.9. The third kappa shape index (κ3) is 3.31. The first-order chi connectivity index (χ1) is 10.0. The Morgan fingerprint density at radius 2 is 2.05 bits per heavy atom. The Bertz CT molecular complexity index is 482. The van der Waals surface area contributed by atoms with Crippen LogP contribution in [0.5, 0.6) is 11.5 Å². The van der Waals surface area contributed by atoms with Gasteiger partial charge in [-0.2, -0.15) is 0 Å². The fraction of sp³-hybridized carbons (Fsp3) is 0.588. The molecule has 118 valence electrons. The van der Waals surface area contributed by atoms with Crippen LogP contribution in [0, 0.1) is 5.92 Å². The minimum atomic E-state index is -0.912. The van der Waals surface area contributed by atoms with Crippen LogP contribution < -0.4 is 9.47 Å². The maximum Gasteiger partial charge on any atom is 0.351 e. The minimum Gasteiger partial charge on any atom is -0.497 e. The fourth-order valence-electron chi connectivity index (χ4n) is 2.34. The molecule has 1 aromatic rings. The SMILES string of the molecule is CC.CCOC(=O)C1(C(C)C)Cc2ccc(OC)cc2O1. The zero-order valence-corrected chi connectivity index (χ0v) is 13.9. The van der Waals surface area contributed by atoms with Crippen LogP contribution in [-0.4, -0.2) is 25.3 Å². The Morgan fingerprint density at radius 1 is 1.38 bits per heavy atom. The van der Waals surface area contributed by atoms with Crippen molar-refractivity contribution in [1.82, 2.24) is 0 Å². The largest absolute Gasteiger partial charge is 0.497 e. The van der Waals surface area contributed by atoms with Crippen molar-refractivity contribution in [2.45, 2.75) is 46.6 Å². The normalized spacial score (nSPS) is 19.2. The van der Waals surface area contributed by atoms with Gasteiger partial charge in [0.1, 0.15) is 11.5 Å². The molecule has 1 unspecified atom stereocenters. The second-order valence-corrected chi connectivity index (χ2v) is 5.02. The molecular weight excluding hydrogens is 268 g/mol. The molecule has 0 saturated carbocycles. The molecule has 1 aromatic carbocycles. The molecule has 4 nitrogen and oxygen atoms in total. The van der Waals surface area contributed by atoms with E-state index in [0.717, 1.165) is 11.3 Å². The number of methoxy groups -OCH3 is 1. The summed E-state index contributed by atoms with van der Waals surface area (Å²) in [6.45, 7) is 10.1. The predicted octanol–water partition coefficient (Wildman–Crippen LogP) is 3.61. The van der Waals surface area contributed by atoms with E-state index in [9.17, 15) is 4.79 Å². The van der Waals surface area contributed by atoms with Crippen LogP contribution in [-0.2, 0) is 16.0 Å². The summed E-state index contributed by atoms with van der Waals surface area (Å²) in [5.74, 6) is 1.17. The monoisotopic (exact) mass is 294 g/mol. The van der Waals surface area contributed by atoms with Gasteiger partial charge < -0.3 is 14.2 Å². The summed E-state index contributed by atoms with van der Waals surface area (Å²) in [6.07, 6.45) is 0.544. The quantitative estimate of drug-likeness (QED) is 0.796. The lowest BCUT2D eigenvalue weighted by Crippen LogP contribution is -2.49. The highest BCUT2D eigenvalue weighted by Crippen LogP contribution is 2.41. The highest BCUT2D eigenvalue weighted by molar-refractivity contribution is 5.82. The Morgan fingerprint density at radius 3 is 2.57 bits per heavy atom. The molecular formula is C17H26O4. The van der Waals surface area contributed by atoms with Gasteiger partial charge in [-0.05, 0) is 18.6 Å². The molecule has 0 aliphatic carbocycles. The van der Waals surface area contributed by atoms with Crippen LogP contribution in [0.15, 0.2) is 18.2 Å². The van der Waals surface area contributed by atoms with Gasteiger partial charge in [0.15, 0.2) is 0 Å². The van der Waals surface area contributed by atoms with Gasteiger partial charge in [0.05, 0.1) is 13.7 Å². The first-order valence-corrected chi connectivity index (χ1v) is 7.56. The number of rotatable bonds is 4. The van der Waals surface area contributed by atoms with Crippen molar-refractivity contribution >= 4 is 5.97 Å². The molecule has 1 aliphatic heterocycles. The van der Waals surface area contributed by atoms with Crippen LogP contribution in [0.2, 0.25) is 0 Å². The van der Waals surface area contributed by atoms with E-state index < -0.39 is 5.60 Å². The number of esters is 1. The number of benzene rings is 1. The summed E-state index contributed by atoms with van der Waals surface area (Å²) in [5.41, 5.74) is 0.104. The average molecular weight is 294 g/mol. The smallest absolute Gasteiger partial charge is 0.351 e. The molecule has 1 heterocycles. The van der Waals surface area contributed by atoms with E-state index >= 15 is 0 Å². The lowest BCUT2D eigenvalue weighted by atomic mass is 9.86. The van der Waals surface area contributed by atoms with Crippen molar-refractivity contribution in [2.24, 2.45) is 5.92 Å². The second kappa shape index (κ2) is 7.34. The van der Waals surface area contributed by atoms with Crippen LogP contribution in [0.25, 0.3) is 0 Å². The minimum absolute atomic E-state index is 0.0324. The maximum absolute atomic E-state index is 12.3. The van der Waals surface area contributed by atoms with Gasteiger partial charge in [0, 0.05) is 18.4 Å². The summed E-state index contributed by atoms with van der Waals surface area (Å²) in [5, 5.41) is 0. The number of carbonyl (C=O) groups excluding carboxylic acids is 1. The highest BCUT2D eigenvalue weighted by Gasteiger charge is 2.50. The number of carbonyl (C=O) groups is 1. The molecule has 0 saturated heterocycles. The number of hydrogen-bond acceptors (Lipinski definition) is 4. The van der Waals surface area contributed by atoms with E-state index in [0.29, 0.717) is 18.8 Å². The fourth-order valence-corrected chi connectivity index (χ4v) is 2.34. The van der Waals surface area contributed by atoms with E-state index in [4.69, 9.17) is 14.2 Å². The molecule has 1 aliphatic rings. The lowest BCUT2D eigenvalue weighted by molar-refractivity contribution is -0.164. The van der Waals surface area contributed by atoms with E-state index in [2.05, 4.69) is 0 Å². The topological polar surface area (TPSA) is 44.8 Å². The highest BCUT2D eigenvalue weighted by atomic mass is 16.6. The molecule has 0 amide bonds. The van der Waals surface area contributed by atoms with Gasteiger partial charge in [0.25, 0.3) is 0 Å². The Hall–Kier alpha value is -1.71. The molecule has 2 rings (SSSR count). The Balaban J connectivity index is 0.00000106. The first-order valence-electron chi connectivity index (χ1n) is 7.56. The average Bonchev–Trinajstić information content (AvgIpc) is 2.89. The van der Waals surface area contributed by atoms with Crippen molar-refractivity contribution in [3.8, 4) is 11.5 Å². The van der Waals surface area contributed by atoms with Crippen molar-refractivity contribution in [1.29, 1.82) is 0 Å². The first kappa shape index (κ1) is 17.3. The molecule has 4 heteroatoms. The lowest BCUT2D eigenvalue weighted by Gasteiger charge is -2.30. The molecule has 0 aromatic heterocycles. The second-order valence-electron chi connectivity index (χ2n) is 5.02. The molecule has 21 heavy (non-hydrogen) atoms. The molecule has 0 spiro atoms. The van der Waals surface area contributed by atoms with Gasteiger partial charge >= 0.3 is 5.97 Å². The summed E-state index contributed by atoms with van der Waals surface area (Å²) in [4.78, 5) is 12.3. The van der Waals surface area contributed by atoms with Crippen LogP contribution >= 0.6 is 0 Å². The third-order valence-corrected chi connectivity index (χ3v) is 3.57. The maximum atomic E-state index is 12.3. The van der Waals surface area contributed by atoms with E-state index in [1.807, 2.05) is 45.9 Å². The summed E-state index contributed by atoms with van der Waals surface area (Å²) in [7, 11) is 1.61. The molecule has 0 bridgehead atoms. The predicted molar refractivity (Wildman–Crippen MR) is 82.9 cm³/mol. The van der Waals surface area contributed by atoms with Gasteiger partial charge in [-0.25, -0.2) is 4.79 Å². The van der Waals surface area contributed by atoms with Crippen LogP contribution in [0.3, 0.4) is 0 Å². The molecule has 0 radical (unpaired) electrons. The summed E-state index contributed by atoms with van der Waals surface area (Å²) >= 11 is 0. The van der Waals surface area contributed by atoms with E-state index in [1.54, 1.807) is 14.0 Å². The van der Waals surface area contributed by atoms with E-state index in [-0.39, 0.29) is 11.9 Å². The van der Waals surface area contributed by atoms with Crippen LogP contribution in [0.4, 0.5) is 0 Å². The van der Waals surface area contributed by atoms with Crippen molar-refractivity contribution in [3.05, 3.63) is 23.8 Å². The summed E-state index contributed by atoms with van der Waals surface area (Å²) < 4.78 is 16.3. The van der Waals surface area contributed by atoms with Gasteiger partial charge in [-0.15, -0.1) is 0 Å². The summed E-state index contributed by atoms with van der Waals surface area (Å²) in [6, 6.07) is 5.64.